The molecule has 0 bridgehead atoms. The molecule has 8 heteroatoms. The van der Waals surface area contributed by atoms with Crippen molar-refractivity contribution in [3.63, 3.8) is 0 Å². The van der Waals surface area contributed by atoms with Crippen molar-refractivity contribution in [2.24, 2.45) is 0 Å². The van der Waals surface area contributed by atoms with Crippen LogP contribution in [0.1, 0.15) is 36.2 Å². The Labute approximate surface area is 177 Å². The molecule has 1 fully saturated rings. The number of benzene rings is 1. The molecule has 0 N–H and O–H groups in total. The topological polar surface area (TPSA) is 55.4 Å². The SMILES string of the molecule is O=C(c1csc2nc(-c3cccc(F)c3)cn12)N1CCCC[C@H]1CCn1cccn1. The average molecular weight is 424 g/mol. The van der Waals surface area contributed by atoms with Gasteiger partial charge in [-0.25, -0.2) is 9.37 Å². The van der Waals surface area contributed by atoms with Crippen LogP contribution in [0.5, 0.6) is 0 Å². The van der Waals surface area contributed by atoms with Gasteiger partial charge in [-0.3, -0.25) is 13.9 Å². The fourth-order valence-electron chi connectivity index (χ4n) is 4.15. The standard InChI is InChI=1S/C22H22FN5OS/c23-17-6-3-5-16(13-17)19-14-28-20(15-30-22(28)25-19)21(29)27-11-2-1-7-18(27)8-12-26-10-4-9-24-26/h3-6,9-10,13-15,18H,1-2,7-8,11-12H2/t18-/m0/s1. The Kier molecular flexibility index (Phi) is 5.08. The van der Waals surface area contributed by atoms with Gasteiger partial charge < -0.3 is 4.90 Å². The van der Waals surface area contributed by atoms with Crippen LogP contribution in [-0.2, 0) is 6.54 Å². The fourth-order valence-corrected chi connectivity index (χ4v) is 5.00. The molecule has 0 saturated carbocycles. The zero-order valence-corrected chi connectivity index (χ0v) is 17.3. The summed E-state index contributed by atoms with van der Waals surface area (Å²) in [5, 5.41) is 6.15. The minimum absolute atomic E-state index is 0.0367. The normalized spacial score (nSPS) is 17.0. The molecule has 0 radical (unpaired) electrons. The summed E-state index contributed by atoms with van der Waals surface area (Å²) in [5.41, 5.74) is 2.00. The first-order valence-corrected chi connectivity index (χ1v) is 11.1. The third-order valence-corrected chi connectivity index (χ3v) is 6.53. The highest BCUT2D eigenvalue weighted by molar-refractivity contribution is 7.15. The summed E-state index contributed by atoms with van der Waals surface area (Å²) in [6.45, 7) is 1.57. The summed E-state index contributed by atoms with van der Waals surface area (Å²) in [6, 6.07) is 8.49. The average Bonchev–Trinajstić information content (AvgIpc) is 3.49. The van der Waals surface area contributed by atoms with Crippen molar-refractivity contribution in [3.05, 3.63) is 65.8 Å². The highest BCUT2D eigenvalue weighted by Crippen LogP contribution is 2.27. The number of aromatic nitrogens is 4. The van der Waals surface area contributed by atoms with Crippen LogP contribution >= 0.6 is 11.3 Å². The molecule has 0 aliphatic carbocycles. The van der Waals surface area contributed by atoms with Crippen LogP contribution < -0.4 is 0 Å². The van der Waals surface area contributed by atoms with Crippen LogP contribution in [-0.4, -0.2) is 42.6 Å². The highest BCUT2D eigenvalue weighted by atomic mass is 32.1. The second-order valence-corrected chi connectivity index (χ2v) is 8.45. The van der Waals surface area contributed by atoms with Gasteiger partial charge in [0, 0.05) is 48.7 Å². The first kappa shape index (κ1) is 19.0. The maximum atomic E-state index is 13.6. The van der Waals surface area contributed by atoms with Gasteiger partial charge in [-0.15, -0.1) is 11.3 Å². The van der Waals surface area contributed by atoms with Crippen molar-refractivity contribution in [3.8, 4) is 11.3 Å². The summed E-state index contributed by atoms with van der Waals surface area (Å²) in [6.07, 6.45) is 9.63. The summed E-state index contributed by atoms with van der Waals surface area (Å²) in [7, 11) is 0. The molecule has 6 nitrogen and oxygen atoms in total. The van der Waals surface area contributed by atoms with E-state index in [4.69, 9.17) is 0 Å². The molecule has 5 rings (SSSR count). The number of carbonyl (C=O) groups is 1. The van der Waals surface area contributed by atoms with Gasteiger partial charge in [-0.05, 0) is 43.9 Å². The van der Waals surface area contributed by atoms with Gasteiger partial charge >= 0.3 is 0 Å². The van der Waals surface area contributed by atoms with E-state index >= 15 is 0 Å². The maximum absolute atomic E-state index is 13.6. The predicted octanol–water partition coefficient (Wildman–Crippen LogP) is 4.48. The van der Waals surface area contributed by atoms with Crippen molar-refractivity contribution < 1.29 is 9.18 Å². The van der Waals surface area contributed by atoms with Crippen molar-refractivity contribution >= 4 is 22.2 Å². The number of amides is 1. The Bertz CT molecular complexity index is 1170. The second kappa shape index (κ2) is 8.02. The molecule has 3 aromatic heterocycles. The summed E-state index contributed by atoms with van der Waals surface area (Å²) >= 11 is 1.44. The number of carbonyl (C=O) groups excluding carboxylic acids is 1. The molecule has 154 valence electrons. The Balaban J connectivity index is 1.40. The molecule has 1 aromatic carbocycles. The molecule has 1 saturated heterocycles. The van der Waals surface area contributed by atoms with Gasteiger partial charge in [0.1, 0.15) is 11.5 Å². The quantitative estimate of drug-likeness (QED) is 0.475. The monoisotopic (exact) mass is 423 g/mol. The largest absolute Gasteiger partial charge is 0.334 e. The fraction of sp³-hybridized carbons (Fsp3) is 0.318. The van der Waals surface area contributed by atoms with Gasteiger partial charge in [0.15, 0.2) is 4.96 Å². The molecule has 4 heterocycles. The van der Waals surface area contributed by atoms with Gasteiger partial charge in [0.25, 0.3) is 5.91 Å². The third-order valence-electron chi connectivity index (χ3n) is 5.69. The number of rotatable bonds is 5. The number of imidazole rings is 1. The molecule has 1 aliphatic heterocycles. The molecular weight excluding hydrogens is 401 g/mol. The van der Waals surface area contributed by atoms with E-state index in [1.165, 1.54) is 23.5 Å². The van der Waals surface area contributed by atoms with Gasteiger partial charge in [0.2, 0.25) is 0 Å². The molecular formula is C22H22FN5OS. The Morgan fingerprint density at radius 2 is 2.20 bits per heavy atom. The molecule has 0 unspecified atom stereocenters. The van der Waals surface area contributed by atoms with Gasteiger partial charge in [0.05, 0.1) is 5.69 Å². The van der Waals surface area contributed by atoms with Crippen LogP contribution in [0.4, 0.5) is 4.39 Å². The Morgan fingerprint density at radius 1 is 1.27 bits per heavy atom. The van der Waals surface area contributed by atoms with Gasteiger partial charge in [-0.2, -0.15) is 5.10 Å². The molecule has 1 amide bonds. The van der Waals surface area contributed by atoms with E-state index in [-0.39, 0.29) is 17.8 Å². The van der Waals surface area contributed by atoms with Crippen molar-refractivity contribution in [2.45, 2.75) is 38.3 Å². The number of hydrogen-bond donors (Lipinski definition) is 0. The Morgan fingerprint density at radius 3 is 3.03 bits per heavy atom. The molecule has 1 atom stereocenters. The van der Waals surface area contributed by atoms with Crippen LogP contribution in [0.25, 0.3) is 16.2 Å². The van der Waals surface area contributed by atoms with Crippen LogP contribution in [0.2, 0.25) is 0 Å². The lowest BCUT2D eigenvalue weighted by Crippen LogP contribution is -2.44. The lowest BCUT2D eigenvalue weighted by atomic mass is 9.99. The number of likely N-dealkylation sites (tertiary alicyclic amines) is 1. The van der Waals surface area contributed by atoms with Crippen molar-refractivity contribution in [1.29, 1.82) is 0 Å². The number of hydrogen-bond acceptors (Lipinski definition) is 4. The van der Waals surface area contributed by atoms with E-state index in [1.54, 1.807) is 12.3 Å². The second-order valence-electron chi connectivity index (χ2n) is 7.62. The lowest BCUT2D eigenvalue weighted by molar-refractivity contribution is 0.0587. The molecule has 30 heavy (non-hydrogen) atoms. The number of fused-ring (bicyclic) bond motifs is 1. The number of piperidine rings is 1. The smallest absolute Gasteiger partial charge is 0.271 e. The minimum atomic E-state index is -0.298. The van der Waals surface area contributed by atoms with Crippen LogP contribution in [0, 0.1) is 5.82 Å². The van der Waals surface area contributed by atoms with Crippen LogP contribution in [0.3, 0.4) is 0 Å². The number of halogens is 1. The number of thiazole rings is 1. The molecule has 1 aliphatic rings. The molecule has 0 spiro atoms. The van der Waals surface area contributed by atoms with E-state index in [2.05, 4.69) is 10.1 Å². The number of nitrogens with zero attached hydrogens (tertiary/aromatic N) is 5. The highest BCUT2D eigenvalue weighted by Gasteiger charge is 2.29. The van der Waals surface area contributed by atoms with E-state index in [0.717, 1.165) is 43.7 Å². The Hall–Kier alpha value is -3.00. The summed E-state index contributed by atoms with van der Waals surface area (Å²) < 4.78 is 17.4. The third kappa shape index (κ3) is 3.63. The van der Waals surface area contributed by atoms with E-state index in [1.807, 2.05) is 43.9 Å². The maximum Gasteiger partial charge on any atom is 0.271 e. The van der Waals surface area contributed by atoms with Crippen LogP contribution in [0.15, 0.2) is 54.3 Å². The molecule has 4 aromatic rings. The van der Waals surface area contributed by atoms with E-state index in [0.29, 0.717) is 17.0 Å². The van der Waals surface area contributed by atoms with Crippen molar-refractivity contribution in [2.75, 3.05) is 6.54 Å². The van der Waals surface area contributed by atoms with Gasteiger partial charge in [-0.1, -0.05) is 12.1 Å². The first-order chi connectivity index (χ1) is 14.7. The summed E-state index contributed by atoms with van der Waals surface area (Å²) in [5.74, 6) is -0.261. The van der Waals surface area contributed by atoms with Crippen molar-refractivity contribution in [1.82, 2.24) is 24.1 Å². The number of aryl methyl sites for hydroxylation is 1. The minimum Gasteiger partial charge on any atom is -0.334 e. The predicted molar refractivity (Wildman–Crippen MR) is 114 cm³/mol. The zero-order valence-electron chi connectivity index (χ0n) is 16.4. The first-order valence-electron chi connectivity index (χ1n) is 10.2. The lowest BCUT2D eigenvalue weighted by Gasteiger charge is -2.35. The van der Waals surface area contributed by atoms with E-state index in [9.17, 15) is 9.18 Å². The zero-order chi connectivity index (χ0) is 20.5. The van der Waals surface area contributed by atoms with E-state index < -0.39 is 0 Å². The summed E-state index contributed by atoms with van der Waals surface area (Å²) in [4.78, 5) is 20.8.